The van der Waals surface area contributed by atoms with Crippen molar-refractivity contribution in [1.82, 2.24) is 5.32 Å². The van der Waals surface area contributed by atoms with Crippen LogP contribution >= 0.6 is 0 Å². The van der Waals surface area contributed by atoms with E-state index >= 15 is 0 Å². The van der Waals surface area contributed by atoms with Gasteiger partial charge < -0.3 is 16.2 Å². The topological polar surface area (TPSA) is 75.3 Å². The Hall–Kier alpha value is -1.39. The summed E-state index contributed by atoms with van der Waals surface area (Å²) in [5.74, 6) is -0.973. The van der Waals surface area contributed by atoms with Gasteiger partial charge in [-0.2, -0.15) is 0 Å². The van der Waals surface area contributed by atoms with E-state index in [4.69, 9.17) is 10.8 Å². The number of rotatable bonds is 6. The Bertz CT molecular complexity index is 327. The van der Waals surface area contributed by atoms with Gasteiger partial charge in [0, 0.05) is 12.6 Å². The quantitative estimate of drug-likeness (QED) is 0.659. The average molecular weight is 222 g/mol. The summed E-state index contributed by atoms with van der Waals surface area (Å²) in [7, 11) is 0. The fourth-order valence-corrected chi connectivity index (χ4v) is 1.46. The number of aliphatic carboxylic acids is 1. The second-order valence-electron chi connectivity index (χ2n) is 3.94. The van der Waals surface area contributed by atoms with Gasteiger partial charge in [0.25, 0.3) is 0 Å². The minimum Gasteiger partial charge on any atom is -0.480 e. The number of carboxylic acids is 1. The molecule has 4 heteroatoms. The fourth-order valence-electron chi connectivity index (χ4n) is 1.46. The summed E-state index contributed by atoms with van der Waals surface area (Å²) in [6.07, 6.45) is 0.868. The monoisotopic (exact) mass is 222 g/mol. The Labute approximate surface area is 95.5 Å². The number of hydrogen-bond acceptors (Lipinski definition) is 3. The zero-order valence-electron chi connectivity index (χ0n) is 9.39. The van der Waals surface area contributed by atoms with E-state index in [9.17, 15) is 4.79 Å². The van der Waals surface area contributed by atoms with Crippen molar-refractivity contribution < 1.29 is 9.90 Å². The molecular formula is C12H18N2O2. The largest absolute Gasteiger partial charge is 0.480 e. The van der Waals surface area contributed by atoms with Crippen LogP contribution in [0.4, 0.5) is 0 Å². The molecule has 2 atom stereocenters. The standard InChI is InChI=1S/C12H18N2O2/c1-9(14-8-11(13)12(15)16)7-10-5-3-2-4-6-10/h2-6,9,11,14H,7-8,13H2,1H3,(H,15,16). The van der Waals surface area contributed by atoms with Gasteiger partial charge in [-0.05, 0) is 18.9 Å². The second-order valence-corrected chi connectivity index (χ2v) is 3.94. The molecule has 0 aliphatic rings. The van der Waals surface area contributed by atoms with Crippen LogP contribution in [0.25, 0.3) is 0 Å². The van der Waals surface area contributed by atoms with Crippen LogP contribution in [0, 0.1) is 0 Å². The summed E-state index contributed by atoms with van der Waals surface area (Å²) in [6.45, 7) is 2.31. The van der Waals surface area contributed by atoms with Gasteiger partial charge in [0.2, 0.25) is 0 Å². The molecule has 4 N–H and O–H groups in total. The Balaban J connectivity index is 2.31. The maximum Gasteiger partial charge on any atom is 0.321 e. The number of carbonyl (C=O) groups is 1. The van der Waals surface area contributed by atoms with Gasteiger partial charge in [0.1, 0.15) is 6.04 Å². The van der Waals surface area contributed by atoms with Crippen molar-refractivity contribution in [2.45, 2.75) is 25.4 Å². The summed E-state index contributed by atoms with van der Waals surface area (Å²) < 4.78 is 0. The summed E-state index contributed by atoms with van der Waals surface area (Å²) in [5.41, 5.74) is 6.62. The molecule has 0 aromatic heterocycles. The highest BCUT2D eigenvalue weighted by Gasteiger charge is 2.12. The van der Waals surface area contributed by atoms with Gasteiger partial charge in [-0.15, -0.1) is 0 Å². The number of nitrogens with two attached hydrogens (primary N) is 1. The molecule has 0 radical (unpaired) electrons. The third-order valence-electron chi connectivity index (χ3n) is 2.39. The van der Waals surface area contributed by atoms with E-state index in [1.54, 1.807) is 0 Å². The van der Waals surface area contributed by atoms with Crippen molar-refractivity contribution in [3.8, 4) is 0 Å². The smallest absolute Gasteiger partial charge is 0.321 e. The lowest BCUT2D eigenvalue weighted by Gasteiger charge is -2.15. The molecular weight excluding hydrogens is 204 g/mol. The molecule has 0 aliphatic heterocycles. The van der Waals surface area contributed by atoms with Crippen LogP contribution in [0.3, 0.4) is 0 Å². The van der Waals surface area contributed by atoms with E-state index in [1.165, 1.54) is 5.56 Å². The first-order valence-electron chi connectivity index (χ1n) is 5.35. The number of hydrogen-bond donors (Lipinski definition) is 3. The molecule has 88 valence electrons. The number of benzene rings is 1. The third-order valence-corrected chi connectivity index (χ3v) is 2.39. The number of carboxylic acid groups (broad SMARTS) is 1. The van der Waals surface area contributed by atoms with Gasteiger partial charge in [-0.3, -0.25) is 4.79 Å². The fraction of sp³-hybridized carbons (Fsp3) is 0.417. The first-order chi connectivity index (χ1) is 7.59. The molecule has 0 saturated heterocycles. The molecule has 4 nitrogen and oxygen atoms in total. The molecule has 0 heterocycles. The summed E-state index contributed by atoms with van der Waals surface area (Å²) >= 11 is 0. The SMILES string of the molecule is CC(Cc1ccccc1)NCC(N)C(=O)O. The van der Waals surface area contributed by atoms with Gasteiger partial charge in [-0.25, -0.2) is 0 Å². The van der Waals surface area contributed by atoms with Gasteiger partial charge in [0.05, 0.1) is 0 Å². The van der Waals surface area contributed by atoms with E-state index in [-0.39, 0.29) is 6.04 Å². The molecule has 1 rings (SSSR count). The van der Waals surface area contributed by atoms with Gasteiger partial charge in [-0.1, -0.05) is 30.3 Å². The maximum atomic E-state index is 10.5. The number of nitrogens with one attached hydrogen (secondary N) is 1. The van der Waals surface area contributed by atoms with Crippen molar-refractivity contribution >= 4 is 5.97 Å². The third kappa shape index (κ3) is 4.42. The van der Waals surface area contributed by atoms with Crippen molar-refractivity contribution in [3.63, 3.8) is 0 Å². The highest BCUT2D eigenvalue weighted by Crippen LogP contribution is 2.02. The van der Waals surface area contributed by atoms with E-state index in [0.29, 0.717) is 6.54 Å². The van der Waals surface area contributed by atoms with Crippen LogP contribution in [0.1, 0.15) is 12.5 Å². The zero-order valence-corrected chi connectivity index (χ0v) is 9.39. The Kier molecular flexibility index (Phi) is 4.95. The lowest BCUT2D eigenvalue weighted by atomic mass is 10.1. The lowest BCUT2D eigenvalue weighted by Crippen LogP contribution is -2.43. The second kappa shape index (κ2) is 6.25. The molecule has 1 aromatic carbocycles. The molecule has 0 spiro atoms. The summed E-state index contributed by atoms with van der Waals surface area (Å²) in [4.78, 5) is 10.5. The minimum absolute atomic E-state index is 0.216. The van der Waals surface area contributed by atoms with Crippen molar-refractivity contribution in [2.75, 3.05) is 6.54 Å². The maximum absolute atomic E-state index is 10.5. The average Bonchev–Trinajstić information content (AvgIpc) is 2.27. The van der Waals surface area contributed by atoms with Crippen molar-refractivity contribution in [3.05, 3.63) is 35.9 Å². The van der Waals surface area contributed by atoms with E-state index in [2.05, 4.69) is 17.4 Å². The molecule has 0 fully saturated rings. The Morgan fingerprint density at radius 3 is 2.62 bits per heavy atom. The van der Waals surface area contributed by atoms with Crippen LogP contribution in [-0.4, -0.2) is 29.7 Å². The van der Waals surface area contributed by atoms with Crippen LogP contribution in [0.5, 0.6) is 0 Å². The zero-order chi connectivity index (χ0) is 12.0. The highest BCUT2D eigenvalue weighted by molar-refractivity contribution is 5.73. The Morgan fingerprint density at radius 1 is 1.44 bits per heavy atom. The predicted molar refractivity (Wildman–Crippen MR) is 63.2 cm³/mol. The molecule has 0 bridgehead atoms. The highest BCUT2D eigenvalue weighted by atomic mass is 16.4. The van der Waals surface area contributed by atoms with Crippen LogP contribution in [0.2, 0.25) is 0 Å². The molecule has 0 saturated carbocycles. The molecule has 16 heavy (non-hydrogen) atoms. The van der Waals surface area contributed by atoms with Crippen LogP contribution < -0.4 is 11.1 Å². The van der Waals surface area contributed by atoms with Crippen molar-refractivity contribution in [2.24, 2.45) is 5.73 Å². The van der Waals surface area contributed by atoms with E-state index < -0.39 is 12.0 Å². The van der Waals surface area contributed by atoms with Crippen LogP contribution in [-0.2, 0) is 11.2 Å². The van der Waals surface area contributed by atoms with Crippen molar-refractivity contribution in [1.29, 1.82) is 0 Å². The minimum atomic E-state index is -0.973. The lowest BCUT2D eigenvalue weighted by molar-refractivity contribution is -0.138. The molecule has 2 unspecified atom stereocenters. The molecule has 0 amide bonds. The van der Waals surface area contributed by atoms with Crippen LogP contribution in [0.15, 0.2) is 30.3 Å². The normalized spacial score (nSPS) is 14.4. The summed E-state index contributed by atoms with van der Waals surface area (Å²) in [6, 6.07) is 9.44. The predicted octanol–water partition coefficient (Wildman–Crippen LogP) is 0.619. The first-order valence-corrected chi connectivity index (χ1v) is 5.35. The Morgan fingerprint density at radius 2 is 2.06 bits per heavy atom. The van der Waals surface area contributed by atoms with Gasteiger partial charge in [0.15, 0.2) is 0 Å². The molecule has 1 aromatic rings. The van der Waals surface area contributed by atoms with Gasteiger partial charge >= 0.3 is 5.97 Å². The van der Waals surface area contributed by atoms with E-state index in [0.717, 1.165) is 6.42 Å². The first kappa shape index (κ1) is 12.7. The summed E-state index contributed by atoms with van der Waals surface area (Å²) in [5, 5.41) is 11.7. The van der Waals surface area contributed by atoms with E-state index in [1.807, 2.05) is 25.1 Å². The molecule has 0 aliphatic carbocycles.